The second-order valence-corrected chi connectivity index (χ2v) is 6.03. The van der Waals surface area contributed by atoms with Gasteiger partial charge in [0, 0.05) is 17.4 Å². The molecule has 136 valence electrons. The van der Waals surface area contributed by atoms with Gasteiger partial charge < -0.3 is 9.84 Å². The normalized spacial score (nSPS) is 15.2. The lowest BCUT2D eigenvalue weighted by Crippen LogP contribution is -2.54. The number of ether oxygens (including phenoxy) is 1. The molecule has 0 aliphatic carbocycles. The molecule has 2 aromatic rings. The number of anilines is 3. The number of hydrogen-bond acceptors (Lipinski definition) is 3. The van der Waals surface area contributed by atoms with Crippen LogP contribution in [0.1, 0.15) is 26.7 Å². The first-order valence-corrected chi connectivity index (χ1v) is 8.33. The fourth-order valence-electron chi connectivity index (χ4n) is 3.09. The van der Waals surface area contributed by atoms with E-state index in [1.54, 1.807) is 18.2 Å². The number of nitrogens with one attached hydrogen (secondary N) is 1. The van der Waals surface area contributed by atoms with Crippen LogP contribution in [0.2, 0.25) is 0 Å². The average Bonchev–Trinajstić information content (AvgIpc) is 2.62. The van der Waals surface area contributed by atoms with Crippen molar-refractivity contribution < 1.29 is 23.8 Å². The summed E-state index contributed by atoms with van der Waals surface area (Å²) in [7, 11) is 0. The van der Waals surface area contributed by atoms with Crippen molar-refractivity contribution in [2.45, 2.75) is 32.3 Å². The molecule has 3 rings (SSSR count). The fraction of sp³-hybridized carbons (Fsp3) is 0.263. The number of benzene rings is 2. The molecule has 2 N–H and O–H groups in total. The van der Waals surface area contributed by atoms with Gasteiger partial charge in [0.15, 0.2) is 5.60 Å². The summed E-state index contributed by atoms with van der Waals surface area (Å²) in [5.74, 6) is -0.239. The molecule has 6 nitrogen and oxygen atoms in total. The van der Waals surface area contributed by atoms with Gasteiger partial charge in [-0.15, -0.1) is 0 Å². The summed E-state index contributed by atoms with van der Waals surface area (Å²) in [6.07, 6.45) is -0.309. The Morgan fingerprint density at radius 2 is 1.85 bits per heavy atom. The molecular formula is C19H19FN2O4. The Hall–Kier alpha value is -3.09. The second kappa shape index (κ2) is 6.67. The molecule has 0 aromatic heterocycles. The third kappa shape index (κ3) is 2.96. The first kappa shape index (κ1) is 17.7. The van der Waals surface area contributed by atoms with Gasteiger partial charge in [0.05, 0.1) is 5.69 Å². The number of rotatable bonds is 4. The van der Waals surface area contributed by atoms with Gasteiger partial charge in [0.1, 0.15) is 11.6 Å². The number of halogens is 1. The SMILES string of the molecule is CCC1(CC)Oc2cc(NC(=O)O)ccc2N(c2ccc(F)cc2)C1=O. The maximum absolute atomic E-state index is 13.3. The van der Waals surface area contributed by atoms with Crippen molar-refractivity contribution in [2.75, 3.05) is 10.2 Å². The molecule has 0 saturated carbocycles. The quantitative estimate of drug-likeness (QED) is 0.841. The fourth-order valence-corrected chi connectivity index (χ4v) is 3.09. The van der Waals surface area contributed by atoms with Gasteiger partial charge in [-0.1, -0.05) is 13.8 Å². The summed E-state index contributed by atoms with van der Waals surface area (Å²) >= 11 is 0. The van der Waals surface area contributed by atoms with Crippen LogP contribution >= 0.6 is 0 Å². The maximum Gasteiger partial charge on any atom is 0.409 e. The van der Waals surface area contributed by atoms with Crippen molar-refractivity contribution in [3.8, 4) is 5.75 Å². The van der Waals surface area contributed by atoms with Crippen molar-refractivity contribution in [3.63, 3.8) is 0 Å². The molecule has 1 heterocycles. The predicted octanol–water partition coefficient (Wildman–Crippen LogP) is 4.53. The number of fused-ring (bicyclic) bond motifs is 1. The van der Waals surface area contributed by atoms with Crippen LogP contribution in [0.15, 0.2) is 42.5 Å². The van der Waals surface area contributed by atoms with E-state index in [9.17, 15) is 14.0 Å². The third-order valence-electron chi connectivity index (χ3n) is 4.58. The van der Waals surface area contributed by atoms with E-state index in [1.807, 2.05) is 13.8 Å². The highest BCUT2D eigenvalue weighted by atomic mass is 19.1. The topological polar surface area (TPSA) is 78.9 Å². The van der Waals surface area contributed by atoms with Crippen molar-refractivity contribution in [2.24, 2.45) is 0 Å². The number of hydrogen-bond donors (Lipinski definition) is 2. The van der Waals surface area contributed by atoms with Gasteiger partial charge >= 0.3 is 6.09 Å². The molecule has 2 amide bonds. The van der Waals surface area contributed by atoms with E-state index in [2.05, 4.69) is 5.32 Å². The summed E-state index contributed by atoms with van der Waals surface area (Å²) < 4.78 is 19.3. The molecule has 7 heteroatoms. The van der Waals surface area contributed by atoms with Gasteiger partial charge in [0.2, 0.25) is 0 Å². The van der Waals surface area contributed by atoms with E-state index in [-0.39, 0.29) is 5.91 Å². The standard InChI is InChI=1S/C19H19FN2O4/c1-3-19(4-2)17(23)22(14-8-5-12(20)6-9-14)15-10-7-13(21-18(24)25)11-16(15)26-19/h5-11,21H,3-4H2,1-2H3,(H,24,25). The first-order valence-electron chi connectivity index (χ1n) is 8.33. The molecule has 0 spiro atoms. The molecule has 0 radical (unpaired) electrons. The first-order chi connectivity index (χ1) is 12.4. The van der Waals surface area contributed by atoms with Crippen LogP contribution in [-0.4, -0.2) is 22.7 Å². The molecule has 26 heavy (non-hydrogen) atoms. The minimum absolute atomic E-state index is 0.236. The van der Waals surface area contributed by atoms with E-state index < -0.39 is 17.5 Å². The minimum atomic E-state index is -1.19. The predicted molar refractivity (Wildman–Crippen MR) is 95.6 cm³/mol. The summed E-state index contributed by atoms with van der Waals surface area (Å²) in [6, 6.07) is 10.3. The van der Waals surface area contributed by atoms with E-state index in [1.165, 1.54) is 29.2 Å². The smallest absolute Gasteiger partial charge is 0.409 e. The van der Waals surface area contributed by atoms with Crippen molar-refractivity contribution in [3.05, 3.63) is 48.3 Å². The Labute approximate surface area is 150 Å². The van der Waals surface area contributed by atoms with Crippen molar-refractivity contribution in [1.82, 2.24) is 0 Å². The molecule has 0 unspecified atom stereocenters. The molecule has 1 aliphatic rings. The van der Waals surface area contributed by atoms with Crippen LogP contribution in [-0.2, 0) is 4.79 Å². The van der Waals surface area contributed by atoms with Gasteiger partial charge in [-0.3, -0.25) is 15.0 Å². The van der Waals surface area contributed by atoms with Crippen LogP contribution in [0.4, 0.5) is 26.2 Å². The Morgan fingerprint density at radius 3 is 2.42 bits per heavy atom. The van der Waals surface area contributed by atoms with Gasteiger partial charge in [-0.25, -0.2) is 9.18 Å². The second-order valence-electron chi connectivity index (χ2n) is 6.03. The summed E-state index contributed by atoms with van der Waals surface area (Å²) in [6.45, 7) is 3.71. The summed E-state index contributed by atoms with van der Waals surface area (Å²) in [5, 5.41) is 11.2. The Bertz CT molecular complexity index is 847. The highest BCUT2D eigenvalue weighted by Gasteiger charge is 2.46. The molecule has 0 bridgehead atoms. The molecule has 0 atom stereocenters. The number of amides is 2. The van der Waals surface area contributed by atoms with Crippen LogP contribution in [0.5, 0.6) is 5.75 Å². The Kier molecular flexibility index (Phi) is 4.54. The van der Waals surface area contributed by atoms with Crippen LogP contribution in [0.25, 0.3) is 0 Å². The lowest BCUT2D eigenvalue weighted by molar-refractivity contribution is -0.135. The Balaban J connectivity index is 2.15. The number of nitrogens with zero attached hydrogens (tertiary/aromatic N) is 1. The monoisotopic (exact) mass is 358 g/mol. The highest BCUT2D eigenvalue weighted by molar-refractivity contribution is 6.08. The lowest BCUT2D eigenvalue weighted by atomic mass is 9.92. The molecule has 1 aliphatic heterocycles. The van der Waals surface area contributed by atoms with Crippen LogP contribution in [0.3, 0.4) is 0 Å². The molecule has 2 aromatic carbocycles. The van der Waals surface area contributed by atoms with Gasteiger partial charge in [-0.2, -0.15) is 0 Å². The molecule has 0 saturated heterocycles. The van der Waals surface area contributed by atoms with E-state index in [0.717, 1.165) is 0 Å². The Morgan fingerprint density at radius 1 is 1.19 bits per heavy atom. The number of carboxylic acid groups (broad SMARTS) is 1. The zero-order chi connectivity index (χ0) is 18.9. The molecule has 0 fully saturated rings. The van der Waals surface area contributed by atoms with Gasteiger partial charge in [0.25, 0.3) is 5.91 Å². The summed E-state index contributed by atoms with van der Waals surface area (Å²) in [4.78, 5) is 25.6. The molecular weight excluding hydrogens is 339 g/mol. The number of carbonyl (C=O) groups is 2. The lowest BCUT2D eigenvalue weighted by Gasteiger charge is -2.42. The van der Waals surface area contributed by atoms with E-state index in [0.29, 0.717) is 35.7 Å². The number of carbonyl (C=O) groups excluding carboxylic acids is 1. The maximum atomic E-state index is 13.3. The average molecular weight is 358 g/mol. The van der Waals surface area contributed by atoms with E-state index in [4.69, 9.17) is 9.84 Å². The zero-order valence-electron chi connectivity index (χ0n) is 14.5. The van der Waals surface area contributed by atoms with Crippen LogP contribution < -0.4 is 15.0 Å². The zero-order valence-corrected chi connectivity index (χ0v) is 14.5. The minimum Gasteiger partial charge on any atom is -0.475 e. The summed E-state index contributed by atoms with van der Waals surface area (Å²) in [5.41, 5.74) is 0.274. The van der Waals surface area contributed by atoms with Crippen molar-refractivity contribution in [1.29, 1.82) is 0 Å². The van der Waals surface area contributed by atoms with Crippen LogP contribution in [0, 0.1) is 5.82 Å². The van der Waals surface area contributed by atoms with Crippen molar-refractivity contribution >= 4 is 29.1 Å². The van der Waals surface area contributed by atoms with E-state index >= 15 is 0 Å². The largest absolute Gasteiger partial charge is 0.475 e. The highest BCUT2D eigenvalue weighted by Crippen LogP contribution is 2.45. The third-order valence-corrected chi connectivity index (χ3v) is 4.58. The van der Waals surface area contributed by atoms with Gasteiger partial charge in [-0.05, 0) is 49.2 Å².